The standard InChI is InChI=1S/C16H22N2O2/c19-15(20)6-2-1-5-14-13(11-7-8-11)10-12-4-3-9-17-16(12)18-14/h10-11H,1-9H2,(H,17,18)(H,19,20). The zero-order valence-corrected chi connectivity index (χ0v) is 11.8. The molecule has 1 aliphatic carbocycles. The summed E-state index contributed by atoms with van der Waals surface area (Å²) in [4.78, 5) is 15.4. The minimum atomic E-state index is -0.701. The fourth-order valence-corrected chi connectivity index (χ4v) is 2.96. The molecule has 3 rings (SSSR count). The molecule has 1 saturated carbocycles. The number of aromatic nitrogens is 1. The van der Waals surface area contributed by atoms with Crippen LogP contribution in [0.4, 0.5) is 5.82 Å². The summed E-state index contributed by atoms with van der Waals surface area (Å²) in [6, 6.07) is 2.36. The van der Waals surface area contributed by atoms with Crippen LogP contribution in [-0.2, 0) is 17.6 Å². The number of aliphatic carboxylic acids is 1. The maximum atomic E-state index is 10.6. The van der Waals surface area contributed by atoms with Crippen LogP contribution in [0.1, 0.15) is 61.3 Å². The van der Waals surface area contributed by atoms with Gasteiger partial charge in [-0.15, -0.1) is 0 Å². The van der Waals surface area contributed by atoms with E-state index >= 15 is 0 Å². The number of nitrogens with zero attached hydrogens (tertiary/aromatic N) is 1. The van der Waals surface area contributed by atoms with Crippen LogP contribution in [0.2, 0.25) is 0 Å². The summed E-state index contributed by atoms with van der Waals surface area (Å²) in [5.41, 5.74) is 4.00. The average molecular weight is 274 g/mol. The van der Waals surface area contributed by atoms with Gasteiger partial charge in [0, 0.05) is 18.7 Å². The highest BCUT2D eigenvalue weighted by molar-refractivity contribution is 5.66. The van der Waals surface area contributed by atoms with Crippen molar-refractivity contribution in [2.45, 2.75) is 57.3 Å². The van der Waals surface area contributed by atoms with Crippen molar-refractivity contribution in [1.29, 1.82) is 0 Å². The lowest BCUT2D eigenvalue weighted by atomic mass is 9.98. The number of carbonyl (C=O) groups is 1. The molecule has 2 aliphatic rings. The van der Waals surface area contributed by atoms with E-state index in [1.807, 2.05) is 0 Å². The molecule has 0 bridgehead atoms. The van der Waals surface area contributed by atoms with Crippen molar-refractivity contribution in [3.05, 3.63) is 22.9 Å². The van der Waals surface area contributed by atoms with E-state index < -0.39 is 5.97 Å². The van der Waals surface area contributed by atoms with Gasteiger partial charge in [-0.1, -0.05) is 6.07 Å². The summed E-state index contributed by atoms with van der Waals surface area (Å²) in [5, 5.41) is 12.1. The van der Waals surface area contributed by atoms with Gasteiger partial charge >= 0.3 is 5.97 Å². The van der Waals surface area contributed by atoms with Gasteiger partial charge in [-0.25, -0.2) is 4.98 Å². The first-order chi connectivity index (χ1) is 9.74. The fourth-order valence-electron chi connectivity index (χ4n) is 2.96. The number of carboxylic acid groups (broad SMARTS) is 1. The van der Waals surface area contributed by atoms with Crippen molar-refractivity contribution < 1.29 is 9.90 Å². The zero-order valence-electron chi connectivity index (χ0n) is 11.8. The number of hydrogen-bond donors (Lipinski definition) is 2. The molecule has 4 nitrogen and oxygen atoms in total. The third-order valence-corrected chi connectivity index (χ3v) is 4.20. The highest BCUT2D eigenvalue weighted by Gasteiger charge is 2.28. The fraction of sp³-hybridized carbons (Fsp3) is 0.625. The molecule has 2 N–H and O–H groups in total. The Kier molecular flexibility index (Phi) is 3.90. The lowest BCUT2D eigenvalue weighted by Crippen LogP contribution is -2.15. The number of pyridine rings is 1. The number of anilines is 1. The average Bonchev–Trinajstić information content (AvgIpc) is 3.27. The van der Waals surface area contributed by atoms with E-state index in [0.29, 0.717) is 5.92 Å². The molecule has 0 atom stereocenters. The van der Waals surface area contributed by atoms with Crippen LogP contribution in [0.3, 0.4) is 0 Å². The van der Waals surface area contributed by atoms with Crippen LogP contribution in [0.25, 0.3) is 0 Å². The first-order valence-electron chi connectivity index (χ1n) is 7.72. The maximum absolute atomic E-state index is 10.6. The Morgan fingerprint density at radius 2 is 2.25 bits per heavy atom. The summed E-state index contributed by atoms with van der Waals surface area (Å²) in [6.45, 7) is 1.02. The molecule has 0 radical (unpaired) electrons. The van der Waals surface area contributed by atoms with Crippen molar-refractivity contribution >= 4 is 11.8 Å². The molecule has 0 saturated heterocycles. The van der Waals surface area contributed by atoms with E-state index in [1.54, 1.807) is 0 Å². The second kappa shape index (κ2) is 5.81. The number of rotatable bonds is 6. The summed E-state index contributed by atoms with van der Waals surface area (Å²) in [7, 11) is 0. The summed E-state index contributed by atoms with van der Waals surface area (Å²) < 4.78 is 0. The molecular weight excluding hydrogens is 252 g/mol. The minimum absolute atomic E-state index is 0.266. The molecule has 0 amide bonds. The molecule has 1 aliphatic heterocycles. The van der Waals surface area contributed by atoms with E-state index in [-0.39, 0.29) is 6.42 Å². The molecule has 4 heteroatoms. The predicted octanol–water partition coefficient (Wildman–Crippen LogP) is 3.11. The van der Waals surface area contributed by atoms with Crippen LogP contribution >= 0.6 is 0 Å². The lowest BCUT2D eigenvalue weighted by molar-refractivity contribution is -0.137. The van der Waals surface area contributed by atoms with Gasteiger partial charge in [0.05, 0.1) is 0 Å². The normalized spacial score (nSPS) is 17.4. The van der Waals surface area contributed by atoms with Gasteiger partial charge in [-0.3, -0.25) is 4.79 Å². The first-order valence-corrected chi connectivity index (χ1v) is 7.72. The molecule has 1 fully saturated rings. The van der Waals surface area contributed by atoms with Gasteiger partial charge in [0.1, 0.15) is 5.82 Å². The molecule has 0 aromatic carbocycles. The van der Waals surface area contributed by atoms with Crippen molar-refractivity contribution in [2.75, 3.05) is 11.9 Å². The summed E-state index contributed by atoms with van der Waals surface area (Å²) in [5.74, 6) is 1.07. The maximum Gasteiger partial charge on any atom is 0.303 e. The monoisotopic (exact) mass is 274 g/mol. The Balaban J connectivity index is 1.72. The quantitative estimate of drug-likeness (QED) is 0.782. The molecular formula is C16H22N2O2. The molecule has 20 heavy (non-hydrogen) atoms. The van der Waals surface area contributed by atoms with Gasteiger partial charge < -0.3 is 10.4 Å². The first kappa shape index (κ1) is 13.4. The van der Waals surface area contributed by atoms with E-state index in [2.05, 4.69) is 11.4 Å². The van der Waals surface area contributed by atoms with Crippen LogP contribution in [0.5, 0.6) is 0 Å². The Hall–Kier alpha value is -1.58. The highest BCUT2D eigenvalue weighted by Crippen LogP contribution is 2.43. The van der Waals surface area contributed by atoms with Gasteiger partial charge in [0.25, 0.3) is 0 Å². The van der Waals surface area contributed by atoms with Gasteiger partial charge in [-0.2, -0.15) is 0 Å². The predicted molar refractivity (Wildman–Crippen MR) is 78.2 cm³/mol. The second-order valence-corrected chi connectivity index (χ2v) is 5.94. The number of aryl methyl sites for hydroxylation is 2. The van der Waals surface area contributed by atoms with Gasteiger partial charge in [0.2, 0.25) is 0 Å². The Morgan fingerprint density at radius 1 is 1.40 bits per heavy atom. The topological polar surface area (TPSA) is 62.2 Å². The van der Waals surface area contributed by atoms with Crippen molar-refractivity contribution in [2.24, 2.45) is 0 Å². The number of hydrogen-bond acceptors (Lipinski definition) is 3. The number of nitrogens with one attached hydrogen (secondary N) is 1. The molecule has 2 heterocycles. The smallest absolute Gasteiger partial charge is 0.303 e. The van der Waals surface area contributed by atoms with Gasteiger partial charge in [-0.05, 0) is 62.0 Å². The van der Waals surface area contributed by atoms with Crippen LogP contribution in [0.15, 0.2) is 6.07 Å². The number of unbranched alkanes of at least 4 members (excludes halogenated alkanes) is 1. The SMILES string of the molecule is O=C(O)CCCCc1nc2c(cc1C1CC1)CCCN2. The van der Waals surface area contributed by atoms with E-state index in [4.69, 9.17) is 10.1 Å². The Labute approximate surface area is 119 Å². The van der Waals surface area contributed by atoms with Crippen molar-refractivity contribution in [3.63, 3.8) is 0 Å². The van der Waals surface area contributed by atoms with Crippen LogP contribution in [0, 0.1) is 0 Å². The number of fused-ring (bicyclic) bond motifs is 1. The van der Waals surface area contributed by atoms with E-state index in [1.165, 1.54) is 36.1 Å². The van der Waals surface area contributed by atoms with Crippen LogP contribution in [-0.4, -0.2) is 22.6 Å². The van der Waals surface area contributed by atoms with E-state index in [0.717, 1.165) is 38.0 Å². The zero-order chi connectivity index (χ0) is 13.9. The van der Waals surface area contributed by atoms with Crippen molar-refractivity contribution in [1.82, 2.24) is 4.98 Å². The third kappa shape index (κ3) is 3.11. The molecule has 108 valence electrons. The molecule has 0 spiro atoms. The van der Waals surface area contributed by atoms with Gasteiger partial charge in [0.15, 0.2) is 0 Å². The lowest BCUT2D eigenvalue weighted by Gasteiger charge is -2.20. The second-order valence-electron chi connectivity index (χ2n) is 5.94. The molecule has 1 aromatic rings. The Morgan fingerprint density at radius 3 is 3.00 bits per heavy atom. The van der Waals surface area contributed by atoms with Crippen LogP contribution < -0.4 is 5.32 Å². The molecule has 1 aromatic heterocycles. The third-order valence-electron chi connectivity index (χ3n) is 4.20. The largest absolute Gasteiger partial charge is 0.481 e. The van der Waals surface area contributed by atoms with Crippen molar-refractivity contribution in [3.8, 4) is 0 Å². The highest BCUT2D eigenvalue weighted by atomic mass is 16.4. The summed E-state index contributed by atoms with van der Waals surface area (Å²) in [6.07, 6.45) is 7.73. The summed E-state index contributed by atoms with van der Waals surface area (Å²) >= 11 is 0. The Bertz CT molecular complexity index is 509. The number of carboxylic acids is 1. The molecule has 0 unspecified atom stereocenters. The minimum Gasteiger partial charge on any atom is -0.481 e. The van der Waals surface area contributed by atoms with E-state index in [9.17, 15) is 4.79 Å².